The highest BCUT2D eigenvalue weighted by Crippen LogP contribution is 2.35. The Morgan fingerprint density at radius 2 is 0.788 bits per heavy atom. The highest BCUT2D eigenvalue weighted by Gasteiger charge is 2.27. The number of esters is 2. The fourth-order valence-electron chi connectivity index (χ4n) is 10.7. The Bertz CT molecular complexity index is 3460. The predicted molar refractivity (Wildman–Crippen MR) is 451 cm³/mol. The number of benzene rings is 4. The molecule has 0 bridgehead atoms. The quantitative estimate of drug-likeness (QED) is 0.0723. The van der Waals surface area contributed by atoms with Crippen molar-refractivity contribution in [2.24, 2.45) is 16.2 Å². The van der Waals surface area contributed by atoms with Crippen molar-refractivity contribution < 1.29 is 33.3 Å². The zero-order valence-corrected chi connectivity index (χ0v) is 73.3. The fraction of sp³-hybridized carbons (Fsp3) is 0.559. The summed E-state index contributed by atoms with van der Waals surface area (Å²) in [6.07, 6.45) is 10.2. The molecule has 0 N–H and O–H groups in total. The molecule has 104 heavy (non-hydrogen) atoms. The summed E-state index contributed by atoms with van der Waals surface area (Å²) in [6.45, 7) is 77.9. The van der Waals surface area contributed by atoms with Crippen LogP contribution in [0.5, 0.6) is 0 Å². The largest absolute Gasteiger partial charge is 0.501 e. The van der Waals surface area contributed by atoms with E-state index in [2.05, 4.69) is 250 Å². The Kier molecular flexibility index (Phi) is 37.2. The summed E-state index contributed by atoms with van der Waals surface area (Å²) < 4.78 is 22.0. The first-order chi connectivity index (χ1) is 47.0. The van der Waals surface area contributed by atoms with E-state index in [1.807, 2.05) is 141 Å². The van der Waals surface area contributed by atoms with Gasteiger partial charge in [-0.3, -0.25) is 19.6 Å². The maximum atomic E-state index is 12.3. The Morgan fingerprint density at radius 1 is 0.385 bits per heavy atom. The summed E-state index contributed by atoms with van der Waals surface area (Å²) >= 11 is 3.44. The molecule has 4 aromatic carbocycles. The number of hydrogen-bond acceptors (Lipinski definition) is 11. The number of allylic oxidation sites excluding steroid dienone is 2. The number of rotatable bonds is 15. The zero-order valence-electron chi connectivity index (χ0n) is 71.6. The van der Waals surface area contributed by atoms with Gasteiger partial charge in [-0.05, 0) is 177 Å². The molecule has 0 saturated heterocycles. The summed E-state index contributed by atoms with van der Waals surface area (Å²) in [5.41, 5.74) is 13.7. The summed E-state index contributed by atoms with van der Waals surface area (Å²) in [4.78, 5) is 45.0. The molecule has 0 saturated carbocycles. The van der Waals surface area contributed by atoms with Crippen molar-refractivity contribution in [1.29, 1.82) is 0 Å². The van der Waals surface area contributed by atoms with E-state index in [1.54, 1.807) is 13.3 Å². The fourth-order valence-corrected chi connectivity index (χ4v) is 12.4. The molecule has 0 unspecified atom stereocenters. The Morgan fingerprint density at radius 3 is 1.23 bits per heavy atom. The van der Waals surface area contributed by atoms with Crippen LogP contribution in [0.25, 0.3) is 0 Å². The lowest BCUT2D eigenvalue weighted by Gasteiger charge is -2.25. The van der Waals surface area contributed by atoms with Gasteiger partial charge in [0.2, 0.25) is 5.12 Å². The van der Waals surface area contributed by atoms with Crippen LogP contribution in [0, 0.1) is 16.2 Å². The lowest BCUT2D eigenvalue weighted by molar-refractivity contribution is -0.153. The van der Waals surface area contributed by atoms with Gasteiger partial charge in [0.05, 0.1) is 30.6 Å². The first-order valence-corrected chi connectivity index (χ1v) is 38.9. The van der Waals surface area contributed by atoms with Gasteiger partial charge >= 0.3 is 11.9 Å². The molecule has 6 rings (SSSR count). The van der Waals surface area contributed by atoms with Crippen molar-refractivity contribution in [2.75, 3.05) is 7.11 Å². The SMILES string of the molecule is C=C(Cc1ccccc1C(C)(C)C)OC.C=C(Cc1cccnc1C(C)(C)C)OC(C)(C)C.CC(C)(C)Cc1ccccc1C(=O)OC(C)(C)C.CC(C)(C)Cc1ccccc1C(=O)SC(C)(C)C.CC(C)(C)Cc1ccccc1CSC(C)(C)C.CC(C)(C)OC(=O)Cc1ccncc1C(C)(C)C. The molecule has 0 atom stereocenters. The molecule has 0 aliphatic carbocycles. The van der Waals surface area contributed by atoms with Gasteiger partial charge in [-0.25, -0.2) is 4.79 Å². The van der Waals surface area contributed by atoms with Gasteiger partial charge in [0.1, 0.15) is 16.8 Å². The molecule has 9 nitrogen and oxygen atoms in total. The van der Waals surface area contributed by atoms with Crippen molar-refractivity contribution in [1.82, 2.24) is 9.97 Å². The van der Waals surface area contributed by atoms with Crippen LogP contribution in [-0.4, -0.2) is 60.4 Å². The van der Waals surface area contributed by atoms with Crippen LogP contribution in [0.15, 0.2) is 159 Å². The minimum absolute atomic E-state index is 0.0222. The van der Waals surface area contributed by atoms with E-state index in [4.69, 9.17) is 18.9 Å². The third-order valence-electron chi connectivity index (χ3n) is 14.6. The number of carbonyl (C=O) groups is 3. The highest BCUT2D eigenvalue weighted by molar-refractivity contribution is 8.15. The molecule has 0 aliphatic rings. The molecule has 0 spiro atoms. The summed E-state index contributed by atoms with van der Waals surface area (Å²) in [5, 5.41) is 0.183. The number of thioether (sulfide) groups is 2. The van der Waals surface area contributed by atoms with E-state index in [1.165, 1.54) is 39.6 Å². The first-order valence-electron chi connectivity index (χ1n) is 37.1. The van der Waals surface area contributed by atoms with Crippen molar-refractivity contribution in [3.05, 3.63) is 225 Å². The summed E-state index contributed by atoms with van der Waals surface area (Å²) in [6, 6.07) is 39.0. The monoisotopic (exact) mass is 1460 g/mol. The number of hydrogen-bond donors (Lipinski definition) is 0. The molecule has 2 heterocycles. The van der Waals surface area contributed by atoms with Crippen molar-refractivity contribution in [3.63, 3.8) is 0 Å². The standard InChI is InChI=1S/C16H25NO.C16H24O2.C16H24OS.C16H26S.C15H23NO2.C14H20O/c1-12(18-16(5,6)7)11-13-9-8-10-17-14(13)15(2,3)4;2*1-15(2,3)11-12-9-7-8-10-13(12)14(17)18-16(4,5)6;1-15(2,3)11-13-9-7-8-10-14(13)12-17-16(4,5)6;1-14(2,3)12-10-16-8-7-11(12)9-13(17)18-15(4,5)6;1-11(15-5)10-12-8-6-7-9-13(12)14(2,3)4/h8-10H,1,11H2,2-7H3;2*7-10H,11H2,1-6H3;7-10H,11-12H2,1-6H3;7-8,10H,9H2,1-6H3;6-9H,1,10H2,2-5H3. The molecule has 2 aromatic heterocycles. The van der Waals surface area contributed by atoms with Crippen molar-refractivity contribution in [2.45, 2.75) is 315 Å². The van der Waals surface area contributed by atoms with Crippen LogP contribution in [0.1, 0.15) is 305 Å². The molecule has 11 heteroatoms. The van der Waals surface area contributed by atoms with Gasteiger partial charge in [0.25, 0.3) is 0 Å². The third kappa shape index (κ3) is 43.3. The second kappa shape index (κ2) is 40.5. The first kappa shape index (κ1) is 95.6. The lowest BCUT2D eigenvalue weighted by Crippen LogP contribution is -2.26. The second-order valence-corrected chi connectivity index (χ2v) is 42.4. The Hall–Kier alpha value is -6.43. The number of carbonyl (C=O) groups excluding carboxylic acids is 3. The number of aromatic nitrogens is 2. The van der Waals surface area contributed by atoms with Crippen molar-refractivity contribution >= 4 is 40.6 Å². The number of ether oxygens (including phenoxy) is 4. The molecular formula is C93H142N2O7S2. The van der Waals surface area contributed by atoms with E-state index in [0.29, 0.717) is 22.1 Å². The van der Waals surface area contributed by atoms with E-state index in [9.17, 15) is 14.4 Å². The average molecular weight is 1460 g/mol. The maximum absolute atomic E-state index is 12.3. The smallest absolute Gasteiger partial charge is 0.338 e. The van der Waals surface area contributed by atoms with E-state index < -0.39 is 11.2 Å². The van der Waals surface area contributed by atoms with E-state index in [0.717, 1.165) is 82.9 Å². The molecule has 0 fully saturated rings. The van der Waals surface area contributed by atoms with E-state index >= 15 is 0 Å². The molecule has 0 amide bonds. The Balaban J connectivity index is 0.000000625. The van der Waals surface area contributed by atoms with Crippen molar-refractivity contribution in [3.8, 4) is 0 Å². The van der Waals surface area contributed by atoms with Gasteiger partial charge in [0.15, 0.2) is 0 Å². The second-order valence-electron chi connectivity index (χ2n) is 38.8. The van der Waals surface area contributed by atoms with Gasteiger partial charge in [-0.15, -0.1) is 0 Å². The molecular weight excluding hydrogens is 1320 g/mol. The van der Waals surface area contributed by atoms with Crippen LogP contribution in [0.3, 0.4) is 0 Å². The molecule has 578 valence electrons. The molecule has 6 aromatic rings. The third-order valence-corrected chi connectivity index (χ3v) is 17.0. The minimum atomic E-state index is -0.452. The minimum Gasteiger partial charge on any atom is -0.501 e. The summed E-state index contributed by atoms with van der Waals surface area (Å²) in [5.74, 6) is 2.30. The Labute approximate surface area is 644 Å². The van der Waals surface area contributed by atoms with Crippen LogP contribution >= 0.6 is 23.5 Å². The average Bonchev–Trinajstić information content (AvgIpc) is 0.853. The maximum Gasteiger partial charge on any atom is 0.338 e. The van der Waals surface area contributed by atoms with Gasteiger partial charge in [-0.1, -0.05) is 288 Å². The topological polar surface area (TPSA) is 114 Å². The molecule has 0 aliphatic heterocycles. The molecule has 0 radical (unpaired) electrons. The van der Waals surface area contributed by atoms with Gasteiger partial charge in [-0.2, -0.15) is 11.8 Å². The zero-order chi connectivity index (χ0) is 80.5. The van der Waals surface area contributed by atoms with Crippen LogP contribution in [0.4, 0.5) is 0 Å². The highest BCUT2D eigenvalue weighted by atomic mass is 32.2. The van der Waals surface area contributed by atoms with Crippen LogP contribution in [-0.2, 0) is 84.3 Å². The van der Waals surface area contributed by atoms with Gasteiger partial charge < -0.3 is 18.9 Å². The van der Waals surface area contributed by atoms with E-state index in [-0.39, 0.29) is 54.5 Å². The normalized spacial score (nSPS) is 12.3. The van der Waals surface area contributed by atoms with Crippen LogP contribution in [0.2, 0.25) is 0 Å². The predicted octanol–water partition coefficient (Wildman–Crippen LogP) is 25.7. The lowest BCUT2D eigenvalue weighted by atomic mass is 9.83. The van der Waals surface area contributed by atoms with Crippen LogP contribution < -0.4 is 0 Å². The number of pyridine rings is 2. The number of methoxy groups -OCH3 is 1. The van der Waals surface area contributed by atoms with Gasteiger partial charge in [0, 0.05) is 63.4 Å². The number of nitrogens with zero attached hydrogens (tertiary/aromatic N) is 2. The summed E-state index contributed by atoms with van der Waals surface area (Å²) in [7, 11) is 1.67.